The summed E-state index contributed by atoms with van der Waals surface area (Å²) < 4.78 is 5.17. The Morgan fingerprint density at radius 1 is 1.40 bits per heavy atom. The number of amides is 2. The molecule has 2 amide bonds. The fourth-order valence-electron chi connectivity index (χ4n) is 2.07. The second-order valence-corrected chi connectivity index (χ2v) is 5.10. The van der Waals surface area contributed by atoms with Gasteiger partial charge in [-0.2, -0.15) is 0 Å². The van der Waals surface area contributed by atoms with Gasteiger partial charge in [-0.15, -0.1) is 0 Å². The highest BCUT2D eigenvalue weighted by molar-refractivity contribution is 5.79. The van der Waals surface area contributed by atoms with Crippen LogP contribution in [0.15, 0.2) is 30.3 Å². The molecule has 1 saturated heterocycles. The highest BCUT2D eigenvalue weighted by Gasteiger charge is 2.47. The quantitative estimate of drug-likeness (QED) is 0.766. The first kappa shape index (κ1) is 14.3. The number of ether oxygens (including phenoxy) is 1. The zero-order chi connectivity index (χ0) is 14.6. The van der Waals surface area contributed by atoms with Gasteiger partial charge in [-0.3, -0.25) is 4.79 Å². The number of urea groups is 1. The van der Waals surface area contributed by atoms with Gasteiger partial charge >= 0.3 is 12.0 Å². The van der Waals surface area contributed by atoms with Crippen molar-refractivity contribution in [2.24, 2.45) is 5.41 Å². The molecule has 1 aromatic rings. The van der Waals surface area contributed by atoms with Gasteiger partial charge in [0.15, 0.2) is 0 Å². The van der Waals surface area contributed by atoms with Crippen LogP contribution in [0.1, 0.15) is 12.5 Å². The molecule has 0 aromatic heterocycles. The van der Waals surface area contributed by atoms with E-state index in [1.165, 1.54) is 0 Å². The lowest BCUT2D eigenvalue weighted by molar-refractivity contribution is -0.148. The SMILES string of the molecule is CC1(C(=O)O)COCC1NC(=O)NCc1ccccc1. The lowest BCUT2D eigenvalue weighted by atomic mass is 9.85. The van der Waals surface area contributed by atoms with Gasteiger partial charge in [-0.25, -0.2) is 4.79 Å². The Labute approximate surface area is 117 Å². The highest BCUT2D eigenvalue weighted by atomic mass is 16.5. The monoisotopic (exact) mass is 278 g/mol. The molecule has 1 heterocycles. The Balaban J connectivity index is 1.87. The predicted molar refractivity (Wildman–Crippen MR) is 72.2 cm³/mol. The van der Waals surface area contributed by atoms with E-state index in [4.69, 9.17) is 4.74 Å². The molecular formula is C14H18N2O4. The van der Waals surface area contributed by atoms with E-state index in [-0.39, 0.29) is 13.2 Å². The molecule has 6 nitrogen and oxygen atoms in total. The van der Waals surface area contributed by atoms with Crippen molar-refractivity contribution in [2.45, 2.75) is 19.5 Å². The van der Waals surface area contributed by atoms with Crippen molar-refractivity contribution in [3.8, 4) is 0 Å². The fourth-order valence-corrected chi connectivity index (χ4v) is 2.07. The molecule has 0 spiro atoms. The summed E-state index contributed by atoms with van der Waals surface area (Å²) in [5.41, 5.74) is -0.101. The Hall–Kier alpha value is -2.08. The lowest BCUT2D eigenvalue weighted by Crippen LogP contribution is -2.52. The van der Waals surface area contributed by atoms with Crippen molar-refractivity contribution in [3.05, 3.63) is 35.9 Å². The fraction of sp³-hybridized carbons (Fsp3) is 0.429. The molecule has 3 N–H and O–H groups in total. The molecule has 1 fully saturated rings. The number of carboxylic acids is 1. The van der Waals surface area contributed by atoms with Crippen molar-refractivity contribution in [2.75, 3.05) is 13.2 Å². The van der Waals surface area contributed by atoms with E-state index in [9.17, 15) is 14.7 Å². The predicted octanol–water partition coefficient (Wildman–Crippen LogP) is 0.975. The maximum Gasteiger partial charge on any atom is 0.315 e. The summed E-state index contributed by atoms with van der Waals surface area (Å²) in [7, 11) is 0. The zero-order valence-electron chi connectivity index (χ0n) is 11.3. The van der Waals surface area contributed by atoms with Crippen LogP contribution in [0.2, 0.25) is 0 Å². The second-order valence-electron chi connectivity index (χ2n) is 5.10. The first-order valence-electron chi connectivity index (χ1n) is 6.42. The summed E-state index contributed by atoms with van der Waals surface area (Å²) in [6.45, 7) is 2.28. The van der Waals surface area contributed by atoms with Crippen LogP contribution in [0.25, 0.3) is 0 Å². The van der Waals surface area contributed by atoms with Gasteiger partial charge in [-0.1, -0.05) is 30.3 Å². The first-order chi connectivity index (χ1) is 9.52. The number of hydrogen-bond acceptors (Lipinski definition) is 3. The maximum absolute atomic E-state index is 11.8. The van der Waals surface area contributed by atoms with Crippen molar-refractivity contribution >= 4 is 12.0 Å². The molecule has 0 saturated carbocycles. The third kappa shape index (κ3) is 3.08. The van der Waals surface area contributed by atoms with E-state index in [0.29, 0.717) is 6.54 Å². The van der Waals surface area contributed by atoms with Gasteiger partial charge < -0.3 is 20.5 Å². The Morgan fingerprint density at radius 2 is 2.10 bits per heavy atom. The third-order valence-electron chi connectivity index (χ3n) is 3.55. The molecule has 2 atom stereocenters. The van der Waals surface area contributed by atoms with Crippen LogP contribution in [0.5, 0.6) is 0 Å². The summed E-state index contributed by atoms with van der Waals surface area (Å²) >= 11 is 0. The number of rotatable bonds is 4. The van der Waals surface area contributed by atoms with Crippen molar-refractivity contribution in [3.63, 3.8) is 0 Å². The summed E-state index contributed by atoms with van der Waals surface area (Å²) in [5, 5.41) is 14.6. The summed E-state index contributed by atoms with van der Waals surface area (Å²) in [4.78, 5) is 23.1. The standard InChI is InChI=1S/C14H18N2O4/c1-14(12(17)18)9-20-8-11(14)16-13(19)15-7-10-5-3-2-4-6-10/h2-6,11H,7-9H2,1H3,(H,17,18)(H2,15,16,19). The molecule has 2 rings (SSSR count). The van der Waals surface area contributed by atoms with Crippen LogP contribution in [0.3, 0.4) is 0 Å². The van der Waals surface area contributed by atoms with Gasteiger partial charge in [0.1, 0.15) is 5.41 Å². The van der Waals surface area contributed by atoms with Gasteiger partial charge in [0, 0.05) is 6.54 Å². The van der Waals surface area contributed by atoms with Gasteiger partial charge in [-0.05, 0) is 12.5 Å². The summed E-state index contributed by atoms with van der Waals surface area (Å²) in [6, 6.07) is 8.56. The van der Waals surface area contributed by atoms with Crippen LogP contribution < -0.4 is 10.6 Å². The minimum atomic E-state index is -1.08. The molecule has 6 heteroatoms. The van der Waals surface area contributed by atoms with Crippen molar-refractivity contribution in [1.82, 2.24) is 10.6 Å². The van der Waals surface area contributed by atoms with Gasteiger partial charge in [0.2, 0.25) is 0 Å². The number of carbonyl (C=O) groups is 2. The van der Waals surface area contributed by atoms with E-state index >= 15 is 0 Å². The molecular weight excluding hydrogens is 260 g/mol. The smallest absolute Gasteiger partial charge is 0.315 e. The number of carboxylic acid groups (broad SMARTS) is 1. The van der Waals surface area contributed by atoms with Crippen LogP contribution in [0, 0.1) is 5.41 Å². The van der Waals surface area contributed by atoms with E-state index in [0.717, 1.165) is 5.56 Å². The molecule has 20 heavy (non-hydrogen) atoms. The number of carbonyl (C=O) groups excluding carboxylic acids is 1. The summed E-state index contributed by atoms with van der Waals surface area (Å²) in [5.74, 6) is -0.969. The van der Waals surface area contributed by atoms with E-state index in [2.05, 4.69) is 10.6 Å². The van der Waals surface area contributed by atoms with Crippen molar-refractivity contribution < 1.29 is 19.4 Å². The van der Waals surface area contributed by atoms with Crippen LogP contribution in [-0.4, -0.2) is 36.4 Å². The topological polar surface area (TPSA) is 87.7 Å². The molecule has 1 aliphatic rings. The number of aliphatic carboxylic acids is 1. The third-order valence-corrected chi connectivity index (χ3v) is 3.55. The molecule has 108 valence electrons. The Kier molecular flexibility index (Phi) is 4.24. The van der Waals surface area contributed by atoms with Gasteiger partial charge in [0.25, 0.3) is 0 Å². The highest BCUT2D eigenvalue weighted by Crippen LogP contribution is 2.28. The maximum atomic E-state index is 11.8. The second kappa shape index (κ2) is 5.92. The normalized spacial score (nSPS) is 25.1. The Bertz CT molecular complexity index is 491. The van der Waals surface area contributed by atoms with Gasteiger partial charge in [0.05, 0.1) is 19.3 Å². The molecule has 0 radical (unpaired) electrons. The number of benzene rings is 1. The first-order valence-corrected chi connectivity index (χ1v) is 6.42. The molecule has 0 bridgehead atoms. The molecule has 0 aliphatic carbocycles. The molecule has 1 aliphatic heterocycles. The van der Waals surface area contributed by atoms with Crippen LogP contribution in [0.4, 0.5) is 4.79 Å². The zero-order valence-corrected chi connectivity index (χ0v) is 11.3. The average Bonchev–Trinajstić information content (AvgIpc) is 2.80. The molecule has 2 unspecified atom stereocenters. The van der Waals surface area contributed by atoms with E-state index < -0.39 is 23.5 Å². The van der Waals surface area contributed by atoms with Crippen molar-refractivity contribution in [1.29, 1.82) is 0 Å². The van der Waals surface area contributed by atoms with Crippen LogP contribution in [-0.2, 0) is 16.1 Å². The van der Waals surface area contributed by atoms with Crippen LogP contribution >= 0.6 is 0 Å². The lowest BCUT2D eigenvalue weighted by Gasteiger charge is -2.25. The molecule has 1 aromatic carbocycles. The van der Waals surface area contributed by atoms with E-state index in [1.54, 1.807) is 6.92 Å². The minimum Gasteiger partial charge on any atom is -0.481 e. The summed E-state index contributed by atoms with van der Waals surface area (Å²) in [6.07, 6.45) is 0. The number of hydrogen-bond donors (Lipinski definition) is 3. The minimum absolute atomic E-state index is 0.103. The Morgan fingerprint density at radius 3 is 2.75 bits per heavy atom. The average molecular weight is 278 g/mol. The largest absolute Gasteiger partial charge is 0.481 e. The number of nitrogens with one attached hydrogen (secondary N) is 2. The van der Waals surface area contributed by atoms with E-state index in [1.807, 2.05) is 30.3 Å².